The highest BCUT2D eigenvalue weighted by Crippen LogP contribution is 2.28. The molecule has 0 radical (unpaired) electrons. The van der Waals surface area contributed by atoms with Gasteiger partial charge in [0.1, 0.15) is 18.1 Å². The Morgan fingerprint density at radius 1 is 0.939 bits per heavy atom. The number of amides is 1. The third-order valence-corrected chi connectivity index (χ3v) is 8.40. The van der Waals surface area contributed by atoms with Crippen molar-refractivity contribution in [3.63, 3.8) is 0 Å². The number of nitrogens with one attached hydrogen (secondary N) is 2. The second kappa shape index (κ2) is 22.2. The van der Waals surface area contributed by atoms with E-state index < -0.39 is 17.0 Å². The van der Waals surface area contributed by atoms with Crippen LogP contribution in [0.1, 0.15) is 90.9 Å². The van der Waals surface area contributed by atoms with Gasteiger partial charge in [0.15, 0.2) is 11.1 Å². The standard InChI is InChI=1S/C34H34N2O3.C4H11NO2S.C2H6/c1-5-27-8-6-7-9-33(27)39-24(4)32-19-18-30(21-35-32)36-34(38)31(20-25-10-12-26(22-37)13-11-25)29-16-14-28(15-17-29)23(2)3;1-5-3-4-8(6)7-2;1-2/h5-19,21-24,31H,1,20H2,2-4H3,(H,36,38);5H,3-4H2,1-2H3;1-2H3. The zero-order valence-electron chi connectivity index (χ0n) is 29.8. The molecule has 4 aromatic rings. The molecule has 3 unspecified atom stereocenters. The lowest BCUT2D eigenvalue weighted by molar-refractivity contribution is -0.117. The maximum absolute atomic E-state index is 13.6. The Hall–Kier alpha value is -4.44. The molecule has 1 amide bonds. The Kier molecular flexibility index (Phi) is 18.5. The molecule has 0 bridgehead atoms. The summed E-state index contributed by atoms with van der Waals surface area (Å²) in [5, 5.41) is 5.90. The summed E-state index contributed by atoms with van der Waals surface area (Å²) in [6.45, 7) is 14.8. The highest BCUT2D eigenvalue weighted by molar-refractivity contribution is 7.80. The van der Waals surface area contributed by atoms with Crippen LogP contribution in [0.4, 0.5) is 5.69 Å². The van der Waals surface area contributed by atoms with Crippen molar-refractivity contribution in [2.45, 2.75) is 59.0 Å². The van der Waals surface area contributed by atoms with Crippen LogP contribution in [0.2, 0.25) is 0 Å². The molecule has 3 aromatic carbocycles. The number of hydrogen-bond donors (Lipinski definition) is 2. The van der Waals surface area contributed by atoms with Crippen LogP contribution in [0.3, 0.4) is 0 Å². The van der Waals surface area contributed by atoms with Crippen LogP contribution in [0, 0.1) is 0 Å². The minimum Gasteiger partial charge on any atom is -0.484 e. The van der Waals surface area contributed by atoms with Gasteiger partial charge in [-0.25, -0.2) is 4.21 Å². The number of carbonyl (C=O) groups is 2. The van der Waals surface area contributed by atoms with Gasteiger partial charge in [-0.1, -0.05) is 107 Å². The molecule has 8 nitrogen and oxygen atoms in total. The first-order chi connectivity index (χ1) is 23.7. The number of rotatable bonds is 15. The van der Waals surface area contributed by atoms with E-state index in [2.05, 4.69) is 52.4 Å². The summed E-state index contributed by atoms with van der Waals surface area (Å²) in [6, 6.07) is 27.0. The molecule has 49 heavy (non-hydrogen) atoms. The zero-order chi connectivity index (χ0) is 36.2. The summed E-state index contributed by atoms with van der Waals surface area (Å²) in [4.78, 5) is 29.2. The fourth-order valence-corrected chi connectivity index (χ4v) is 5.21. The topological polar surface area (TPSA) is 107 Å². The average Bonchev–Trinajstić information content (AvgIpc) is 3.14. The molecule has 2 N–H and O–H groups in total. The van der Waals surface area contributed by atoms with Crippen molar-refractivity contribution in [2.24, 2.45) is 0 Å². The molecule has 262 valence electrons. The van der Waals surface area contributed by atoms with Crippen LogP contribution in [-0.2, 0) is 26.5 Å². The maximum Gasteiger partial charge on any atom is 0.232 e. The van der Waals surface area contributed by atoms with Gasteiger partial charge in [-0.3, -0.25) is 18.8 Å². The first-order valence-electron chi connectivity index (χ1n) is 16.5. The van der Waals surface area contributed by atoms with Gasteiger partial charge in [-0.2, -0.15) is 0 Å². The number of aldehydes is 1. The lowest BCUT2D eigenvalue weighted by atomic mass is 9.89. The Labute approximate surface area is 295 Å². The first-order valence-corrected chi connectivity index (χ1v) is 17.8. The first kappa shape index (κ1) is 40.7. The Bertz CT molecular complexity index is 1590. The molecule has 0 spiro atoms. The van der Waals surface area contributed by atoms with Crippen molar-refractivity contribution >= 4 is 35.0 Å². The number of aromatic nitrogens is 1. The molecule has 3 atom stereocenters. The van der Waals surface area contributed by atoms with Gasteiger partial charge >= 0.3 is 0 Å². The molecule has 9 heteroatoms. The van der Waals surface area contributed by atoms with Gasteiger partial charge in [0.2, 0.25) is 5.91 Å². The van der Waals surface area contributed by atoms with Gasteiger partial charge in [0, 0.05) is 17.7 Å². The predicted molar refractivity (Wildman–Crippen MR) is 203 cm³/mol. The smallest absolute Gasteiger partial charge is 0.232 e. The summed E-state index contributed by atoms with van der Waals surface area (Å²) < 4.78 is 21.0. The largest absolute Gasteiger partial charge is 0.484 e. The van der Waals surface area contributed by atoms with Crippen LogP contribution in [-0.4, -0.2) is 47.8 Å². The number of ether oxygens (including phenoxy) is 1. The van der Waals surface area contributed by atoms with E-state index in [-0.39, 0.29) is 12.0 Å². The fourth-order valence-electron chi connectivity index (χ4n) is 4.67. The number of benzene rings is 3. The summed E-state index contributed by atoms with van der Waals surface area (Å²) in [6.07, 6.45) is 4.46. The summed E-state index contributed by atoms with van der Waals surface area (Å²) in [5.74, 6) is 1.18. The minimum absolute atomic E-state index is 0.120. The van der Waals surface area contributed by atoms with Crippen LogP contribution >= 0.6 is 0 Å². The van der Waals surface area contributed by atoms with E-state index in [4.69, 9.17) is 4.74 Å². The van der Waals surface area contributed by atoms with Crippen LogP contribution in [0.5, 0.6) is 5.75 Å². The highest BCUT2D eigenvalue weighted by atomic mass is 32.2. The van der Waals surface area contributed by atoms with E-state index in [1.54, 1.807) is 24.4 Å². The Morgan fingerprint density at radius 2 is 1.59 bits per heavy atom. The number of carbonyl (C=O) groups excluding carboxylic acids is 2. The summed E-state index contributed by atoms with van der Waals surface area (Å²) >= 11 is -1.09. The third kappa shape index (κ3) is 13.5. The van der Waals surface area contributed by atoms with Crippen LogP contribution in [0.15, 0.2) is 97.7 Å². The minimum atomic E-state index is -1.09. The number of hydrogen-bond acceptors (Lipinski definition) is 7. The van der Waals surface area contributed by atoms with E-state index >= 15 is 0 Å². The maximum atomic E-state index is 13.6. The number of anilines is 1. The molecule has 0 saturated carbocycles. The van der Waals surface area contributed by atoms with E-state index in [0.717, 1.165) is 41.0 Å². The van der Waals surface area contributed by atoms with E-state index in [1.807, 2.05) is 88.5 Å². The van der Waals surface area contributed by atoms with Crippen molar-refractivity contribution in [1.82, 2.24) is 10.3 Å². The van der Waals surface area contributed by atoms with E-state index in [1.165, 1.54) is 12.7 Å². The van der Waals surface area contributed by atoms with Crippen molar-refractivity contribution in [1.29, 1.82) is 0 Å². The van der Waals surface area contributed by atoms with Crippen molar-refractivity contribution in [3.05, 3.63) is 131 Å². The molecular formula is C40H51N3O5S. The van der Waals surface area contributed by atoms with Gasteiger partial charge < -0.3 is 15.4 Å². The molecule has 0 fully saturated rings. The van der Waals surface area contributed by atoms with E-state index in [0.29, 0.717) is 29.3 Å². The van der Waals surface area contributed by atoms with Crippen molar-refractivity contribution in [2.75, 3.05) is 31.8 Å². The highest BCUT2D eigenvalue weighted by Gasteiger charge is 2.22. The molecule has 0 aliphatic carbocycles. The van der Waals surface area contributed by atoms with Gasteiger partial charge in [0.25, 0.3) is 0 Å². The average molecular weight is 686 g/mol. The number of nitrogens with zero attached hydrogens (tertiary/aromatic N) is 1. The zero-order valence-corrected chi connectivity index (χ0v) is 30.6. The fraction of sp³-hybridized carbons (Fsp3) is 0.325. The molecule has 1 aromatic heterocycles. The van der Waals surface area contributed by atoms with Crippen LogP contribution in [0.25, 0.3) is 6.08 Å². The molecule has 0 aliphatic heterocycles. The third-order valence-electron chi connectivity index (χ3n) is 7.50. The van der Waals surface area contributed by atoms with Gasteiger partial charge in [0.05, 0.1) is 36.4 Å². The Morgan fingerprint density at radius 3 is 2.14 bits per heavy atom. The number of para-hydroxylation sites is 1. The summed E-state index contributed by atoms with van der Waals surface area (Å²) in [7, 11) is 3.25. The molecular weight excluding hydrogens is 635 g/mol. The van der Waals surface area contributed by atoms with Gasteiger partial charge in [-0.15, -0.1) is 0 Å². The molecule has 1 heterocycles. The monoisotopic (exact) mass is 685 g/mol. The Balaban J connectivity index is 0.000000732. The second-order valence-electron chi connectivity index (χ2n) is 11.2. The van der Waals surface area contributed by atoms with Crippen LogP contribution < -0.4 is 15.4 Å². The lowest BCUT2D eigenvalue weighted by Gasteiger charge is -2.19. The number of pyridine rings is 1. The summed E-state index contributed by atoms with van der Waals surface area (Å²) in [5.41, 5.74) is 6.03. The molecule has 0 saturated heterocycles. The molecule has 0 aliphatic rings. The lowest BCUT2D eigenvalue weighted by Crippen LogP contribution is -2.23. The SMILES string of the molecule is C=Cc1ccccc1OC(C)c1ccc(NC(=O)C(Cc2ccc(C=O)cc2)c2ccc(C(C)C)cc2)cn1.CC.CNCCS(=O)OC. The predicted octanol–water partition coefficient (Wildman–Crippen LogP) is 8.31. The molecule has 4 rings (SSSR count). The quantitative estimate of drug-likeness (QED) is 0.121. The van der Waals surface area contributed by atoms with Crippen molar-refractivity contribution in [3.8, 4) is 5.75 Å². The van der Waals surface area contributed by atoms with Crippen molar-refractivity contribution < 1.29 is 22.7 Å². The van der Waals surface area contributed by atoms with E-state index in [9.17, 15) is 13.8 Å². The van der Waals surface area contributed by atoms with Gasteiger partial charge in [-0.05, 0) is 61.2 Å². The second-order valence-corrected chi connectivity index (χ2v) is 12.5. The normalized spacial score (nSPS) is 12.2.